The molecular weight excluding hydrogens is 268 g/mol. The summed E-state index contributed by atoms with van der Waals surface area (Å²) in [6.45, 7) is 12.0. The van der Waals surface area contributed by atoms with Crippen molar-refractivity contribution < 1.29 is 9.52 Å². The van der Waals surface area contributed by atoms with Crippen LogP contribution in [0.1, 0.15) is 32.6 Å². The fourth-order valence-corrected chi connectivity index (χ4v) is 2.71. The van der Waals surface area contributed by atoms with E-state index in [0.29, 0.717) is 24.9 Å². The van der Waals surface area contributed by atoms with Gasteiger partial charge in [0.2, 0.25) is 11.8 Å². The van der Waals surface area contributed by atoms with Crippen LogP contribution in [0.25, 0.3) is 0 Å². The van der Waals surface area contributed by atoms with Crippen molar-refractivity contribution in [3.8, 4) is 0 Å². The lowest BCUT2D eigenvalue weighted by Crippen LogP contribution is -2.42. The van der Waals surface area contributed by atoms with E-state index in [2.05, 4.69) is 46.8 Å². The Balaban J connectivity index is 1.96. The maximum Gasteiger partial charge on any atom is 0.230 e. The van der Waals surface area contributed by atoms with E-state index in [4.69, 9.17) is 4.42 Å². The van der Waals surface area contributed by atoms with Crippen LogP contribution < -0.4 is 0 Å². The van der Waals surface area contributed by atoms with E-state index < -0.39 is 0 Å². The van der Waals surface area contributed by atoms with Gasteiger partial charge in [0.15, 0.2) is 0 Å². The highest BCUT2D eigenvalue weighted by atomic mass is 16.4. The van der Waals surface area contributed by atoms with E-state index in [-0.39, 0.29) is 12.1 Å². The van der Waals surface area contributed by atoms with Gasteiger partial charge in [0.05, 0.1) is 18.7 Å². The van der Waals surface area contributed by atoms with E-state index in [1.54, 1.807) is 6.92 Å². The highest BCUT2D eigenvalue weighted by Crippen LogP contribution is 2.18. The predicted octanol–water partition coefficient (Wildman–Crippen LogP) is 1.21. The summed E-state index contributed by atoms with van der Waals surface area (Å²) < 4.78 is 5.45. The second-order valence-corrected chi connectivity index (χ2v) is 5.91. The summed E-state index contributed by atoms with van der Waals surface area (Å²) >= 11 is 0. The molecule has 1 N–H and O–H groups in total. The SMILES string of the molecule is CCN(Cc1nnc(C)o1)[C@H]1CN(CC=C(C)C)C[C@H]1O. The molecule has 1 aromatic rings. The largest absolute Gasteiger partial charge is 0.424 e. The van der Waals surface area contributed by atoms with Crippen LogP contribution in [0.5, 0.6) is 0 Å². The van der Waals surface area contributed by atoms with Crippen LogP contribution in [0.15, 0.2) is 16.1 Å². The van der Waals surface area contributed by atoms with Gasteiger partial charge in [-0.25, -0.2) is 0 Å². The molecule has 1 saturated heterocycles. The topological polar surface area (TPSA) is 65.6 Å². The number of allylic oxidation sites excluding steroid dienone is 1. The smallest absolute Gasteiger partial charge is 0.230 e. The lowest BCUT2D eigenvalue weighted by molar-refractivity contribution is 0.0760. The summed E-state index contributed by atoms with van der Waals surface area (Å²) in [5, 5.41) is 18.2. The normalized spacial score (nSPS) is 23.0. The number of aryl methyl sites for hydroxylation is 1. The van der Waals surface area contributed by atoms with Crippen molar-refractivity contribution in [1.29, 1.82) is 0 Å². The van der Waals surface area contributed by atoms with Gasteiger partial charge >= 0.3 is 0 Å². The molecule has 6 heteroatoms. The summed E-state index contributed by atoms with van der Waals surface area (Å²) in [6.07, 6.45) is 1.87. The van der Waals surface area contributed by atoms with Gasteiger partial charge in [0.25, 0.3) is 0 Å². The van der Waals surface area contributed by atoms with E-state index >= 15 is 0 Å². The number of β-amino-alcohol motifs (C(OH)–C–C–N with tert-alkyl or cyclic N) is 1. The fraction of sp³-hybridized carbons (Fsp3) is 0.733. The van der Waals surface area contributed by atoms with Gasteiger partial charge in [-0.05, 0) is 20.4 Å². The zero-order valence-corrected chi connectivity index (χ0v) is 13.4. The first-order valence-electron chi connectivity index (χ1n) is 7.56. The Hall–Kier alpha value is -1.24. The molecule has 0 spiro atoms. The molecule has 2 atom stereocenters. The first kappa shape index (κ1) is 16.1. The lowest BCUT2D eigenvalue weighted by Gasteiger charge is -2.28. The molecule has 1 aliphatic heterocycles. The number of aromatic nitrogens is 2. The molecule has 0 aromatic carbocycles. The quantitative estimate of drug-likeness (QED) is 0.796. The maximum absolute atomic E-state index is 10.3. The average Bonchev–Trinajstić information content (AvgIpc) is 3.00. The maximum atomic E-state index is 10.3. The van der Waals surface area contributed by atoms with Crippen LogP contribution in [-0.2, 0) is 6.54 Å². The molecule has 6 nitrogen and oxygen atoms in total. The molecule has 21 heavy (non-hydrogen) atoms. The van der Waals surface area contributed by atoms with Crippen molar-refractivity contribution in [2.45, 2.75) is 46.4 Å². The third-order valence-electron chi connectivity index (χ3n) is 3.87. The summed E-state index contributed by atoms with van der Waals surface area (Å²) in [4.78, 5) is 4.49. The van der Waals surface area contributed by atoms with Gasteiger partial charge in [0.1, 0.15) is 0 Å². The zero-order valence-electron chi connectivity index (χ0n) is 13.4. The zero-order chi connectivity index (χ0) is 15.4. The third-order valence-corrected chi connectivity index (χ3v) is 3.87. The number of likely N-dealkylation sites (tertiary alicyclic amines) is 1. The Labute approximate surface area is 126 Å². The van der Waals surface area contributed by atoms with Crippen molar-refractivity contribution in [2.75, 3.05) is 26.2 Å². The van der Waals surface area contributed by atoms with Gasteiger partial charge in [-0.15, -0.1) is 10.2 Å². The summed E-state index contributed by atoms with van der Waals surface area (Å²) in [5.74, 6) is 1.20. The van der Waals surface area contributed by atoms with Crippen LogP contribution >= 0.6 is 0 Å². The summed E-state index contributed by atoms with van der Waals surface area (Å²) in [6, 6.07) is 0.118. The van der Waals surface area contributed by atoms with Gasteiger partial charge in [-0.2, -0.15) is 0 Å². The number of nitrogens with zero attached hydrogens (tertiary/aromatic N) is 4. The molecule has 0 saturated carbocycles. The fourth-order valence-electron chi connectivity index (χ4n) is 2.71. The van der Waals surface area contributed by atoms with Crippen LogP contribution in [-0.4, -0.2) is 63.4 Å². The van der Waals surface area contributed by atoms with E-state index in [1.807, 2.05) is 0 Å². The highest BCUT2D eigenvalue weighted by molar-refractivity contribution is 4.99. The van der Waals surface area contributed by atoms with Crippen LogP contribution in [0, 0.1) is 6.92 Å². The molecule has 0 aliphatic carbocycles. The Kier molecular flexibility index (Phi) is 5.50. The molecule has 2 heterocycles. The molecule has 118 valence electrons. The number of hydrogen-bond acceptors (Lipinski definition) is 6. The molecule has 0 bridgehead atoms. The molecule has 1 fully saturated rings. The first-order chi connectivity index (χ1) is 9.99. The highest BCUT2D eigenvalue weighted by Gasteiger charge is 2.35. The van der Waals surface area contributed by atoms with E-state index in [9.17, 15) is 5.11 Å². The van der Waals surface area contributed by atoms with Crippen molar-refractivity contribution in [3.63, 3.8) is 0 Å². The monoisotopic (exact) mass is 294 g/mol. The number of aliphatic hydroxyl groups is 1. The van der Waals surface area contributed by atoms with Gasteiger partial charge in [-0.1, -0.05) is 18.6 Å². The second-order valence-electron chi connectivity index (χ2n) is 5.91. The summed E-state index contributed by atoms with van der Waals surface area (Å²) in [5.41, 5.74) is 1.31. The van der Waals surface area contributed by atoms with Crippen molar-refractivity contribution >= 4 is 0 Å². The molecule has 2 rings (SSSR count). The molecule has 0 unspecified atom stereocenters. The Morgan fingerprint density at radius 2 is 2.19 bits per heavy atom. The lowest BCUT2D eigenvalue weighted by atomic mass is 10.2. The van der Waals surface area contributed by atoms with Crippen molar-refractivity contribution in [1.82, 2.24) is 20.0 Å². The minimum Gasteiger partial charge on any atom is -0.424 e. The number of hydrogen-bond donors (Lipinski definition) is 1. The van der Waals surface area contributed by atoms with Crippen LogP contribution in [0.3, 0.4) is 0 Å². The predicted molar refractivity (Wildman–Crippen MR) is 80.8 cm³/mol. The van der Waals surface area contributed by atoms with Gasteiger partial charge in [-0.3, -0.25) is 9.80 Å². The first-order valence-corrected chi connectivity index (χ1v) is 7.56. The number of likely N-dealkylation sites (N-methyl/N-ethyl adjacent to an activating group) is 1. The number of aliphatic hydroxyl groups excluding tert-OH is 1. The molecule has 1 aromatic heterocycles. The number of rotatable bonds is 6. The third kappa shape index (κ3) is 4.36. The second kappa shape index (κ2) is 7.15. The minimum absolute atomic E-state index is 0.118. The molecule has 0 radical (unpaired) electrons. The Bertz CT molecular complexity index is 482. The van der Waals surface area contributed by atoms with E-state index in [0.717, 1.165) is 19.6 Å². The average molecular weight is 294 g/mol. The standard InChI is InChI=1S/C15H26N4O2/c1-5-19(10-15-17-16-12(4)21-15)13-8-18(9-14(13)20)7-6-11(2)3/h6,13-14,20H,5,7-10H2,1-4H3/t13-,14+/m0/s1. The van der Waals surface area contributed by atoms with Crippen LogP contribution in [0.2, 0.25) is 0 Å². The van der Waals surface area contributed by atoms with Crippen molar-refractivity contribution in [3.05, 3.63) is 23.4 Å². The van der Waals surface area contributed by atoms with Crippen LogP contribution in [0.4, 0.5) is 0 Å². The molecule has 1 aliphatic rings. The molecular formula is C15H26N4O2. The van der Waals surface area contributed by atoms with Crippen molar-refractivity contribution in [2.24, 2.45) is 0 Å². The minimum atomic E-state index is -0.334. The van der Waals surface area contributed by atoms with E-state index in [1.165, 1.54) is 5.57 Å². The summed E-state index contributed by atoms with van der Waals surface area (Å²) in [7, 11) is 0. The van der Waals surface area contributed by atoms with Gasteiger partial charge in [0, 0.05) is 26.6 Å². The Morgan fingerprint density at radius 3 is 2.76 bits per heavy atom. The Morgan fingerprint density at radius 1 is 1.43 bits per heavy atom. The van der Waals surface area contributed by atoms with Gasteiger partial charge < -0.3 is 9.52 Å². The molecule has 0 amide bonds.